The van der Waals surface area contributed by atoms with Gasteiger partial charge in [0.25, 0.3) is 0 Å². The monoisotopic (exact) mass is 1090 g/mol. The molecule has 0 aromatic carbocycles. The van der Waals surface area contributed by atoms with Gasteiger partial charge in [-0.2, -0.15) is 0 Å². The number of allylic oxidation sites excluding steroid dienone is 20. The van der Waals surface area contributed by atoms with Crippen molar-refractivity contribution in [1.29, 1.82) is 0 Å². The summed E-state index contributed by atoms with van der Waals surface area (Å²) in [6.07, 6.45) is 92.0. The third-order valence-corrected chi connectivity index (χ3v) is 14.0. The lowest BCUT2D eigenvalue weighted by Gasteiger charge is -2.18. The Balaban J connectivity index is 4.41. The summed E-state index contributed by atoms with van der Waals surface area (Å²) >= 11 is 0. The van der Waals surface area contributed by atoms with Gasteiger partial charge in [0.2, 0.25) is 0 Å². The lowest BCUT2D eigenvalue weighted by atomic mass is 10.0. The molecule has 79 heavy (non-hydrogen) atoms. The molecule has 0 radical (unpaired) electrons. The van der Waals surface area contributed by atoms with Crippen LogP contribution in [-0.2, 0) is 28.6 Å². The van der Waals surface area contributed by atoms with E-state index in [1.165, 1.54) is 116 Å². The lowest BCUT2D eigenvalue weighted by Crippen LogP contribution is -2.30. The Labute approximate surface area is 488 Å². The summed E-state index contributed by atoms with van der Waals surface area (Å²) in [7, 11) is 0. The summed E-state index contributed by atoms with van der Waals surface area (Å²) in [5, 5.41) is 0. The van der Waals surface area contributed by atoms with Crippen molar-refractivity contribution in [2.24, 2.45) is 0 Å². The molecule has 0 aromatic rings. The van der Waals surface area contributed by atoms with Gasteiger partial charge in [0.15, 0.2) is 6.10 Å². The van der Waals surface area contributed by atoms with Gasteiger partial charge in [0.1, 0.15) is 13.2 Å². The average molecular weight is 1100 g/mol. The average Bonchev–Trinajstić information content (AvgIpc) is 3.45. The zero-order valence-corrected chi connectivity index (χ0v) is 51.6. The van der Waals surface area contributed by atoms with E-state index in [1.54, 1.807) is 0 Å². The molecule has 450 valence electrons. The molecule has 1 atom stereocenters. The van der Waals surface area contributed by atoms with Gasteiger partial charge in [-0.05, 0) is 116 Å². The van der Waals surface area contributed by atoms with Gasteiger partial charge in [-0.1, -0.05) is 290 Å². The van der Waals surface area contributed by atoms with Crippen LogP contribution in [-0.4, -0.2) is 37.2 Å². The van der Waals surface area contributed by atoms with Crippen LogP contribution >= 0.6 is 0 Å². The fourth-order valence-corrected chi connectivity index (χ4v) is 9.02. The van der Waals surface area contributed by atoms with Crippen LogP contribution in [0.4, 0.5) is 0 Å². The van der Waals surface area contributed by atoms with E-state index < -0.39 is 6.10 Å². The van der Waals surface area contributed by atoms with Gasteiger partial charge in [-0.15, -0.1) is 0 Å². The molecule has 6 heteroatoms. The van der Waals surface area contributed by atoms with Crippen LogP contribution in [0.25, 0.3) is 0 Å². The molecule has 6 nitrogen and oxygen atoms in total. The minimum Gasteiger partial charge on any atom is -0.462 e. The molecule has 0 aliphatic carbocycles. The Morgan fingerprint density at radius 3 is 0.772 bits per heavy atom. The van der Waals surface area contributed by atoms with Crippen molar-refractivity contribution in [2.75, 3.05) is 13.2 Å². The fraction of sp³-hybridized carbons (Fsp3) is 0.685. The van der Waals surface area contributed by atoms with E-state index in [1.807, 2.05) is 0 Å². The molecular weight excluding hydrogens is 973 g/mol. The normalized spacial score (nSPS) is 12.9. The van der Waals surface area contributed by atoms with Crippen LogP contribution in [0, 0.1) is 0 Å². The maximum Gasteiger partial charge on any atom is 0.306 e. The Kier molecular flexibility index (Phi) is 62.8. The number of carbonyl (C=O) groups is 3. The highest BCUT2D eigenvalue weighted by Crippen LogP contribution is 2.16. The molecule has 0 saturated heterocycles. The van der Waals surface area contributed by atoms with E-state index >= 15 is 0 Å². The first kappa shape index (κ1) is 74.8. The van der Waals surface area contributed by atoms with Crippen molar-refractivity contribution in [2.45, 2.75) is 309 Å². The molecule has 0 bridgehead atoms. The third kappa shape index (κ3) is 64.5. The Bertz CT molecular complexity index is 1640. The minimum atomic E-state index is -0.797. The van der Waals surface area contributed by atoms with Crippen LogP contribution in [0.5, 0.6) is 0 Å². The fourth-order valence-electron chi connectivity index (χ4n) is 9.02. The maximum atomic E-state index is 12.9. The highest BCUT2D eigenvalue weighted by molar-refractivity contribution is 5.71. The second-order valence-corrected chi connectivity index (χ2v) is 21.6. The van der Waals surface area contributed by atoms with Crippen molar-refractivity contribution >= 4 is 17.9 Å². The highest BCUT2D eigenvalue weighted by Gasteiger charge is 2.19. The van der Waals surface area contributed by atoms with Crippen LogP contribution in [0.15, 0.2) is 122 Å². The SMILES string of the molecule is CC/C=C\C/C=C\C/C=C\C/C=C\C/C=C\C/C=C\C/C=C\CCCCCCCC(=O)OCC(COC(=O)CCCCCCCCCCCCCCC)OC(=O)CCCCCCCC/C=C\C/C=C\C/C=C\CCCCCCC. The molecule has 0 aliphatic rings. The Morgan fingerprint density at radius 2 is 0.494 bits per heavy atom. The van der Waals surface area contributed by atoms with Gasteiger partial charge in [-0.3, -0.25) is 14.4 Å². The van der Waals surface area contributed by atoms with E-state index in [0.717, 1.165) is 148 Å². The number of hydrogen-bond donors (Lipinski definition) is 0. The first-order chi connectivity index (χ1) is 39.0. The second-order valence-electron chi connectivity index (χ2n) is 21.6. The van der Waals surface area contributed by atoms with Crippen LogP contribution in [0.1, 0.15) is 303 Å². The summed E-state index contributed by atoms with van der Waals surface area (Å²) in [6, 6.07) is 0. The number of esters is 3. The van der Waals surface area contributed by atoms with Crippen LogP contribution in [0.2, 0.25) is 0 Å². The molecule has 0 fully saturated rings. The number of carbonyl (C=O) groups excluding carboxylic acids is 3. The van der Waals surface area contributed by atoms with E-state index in [4.69, 9.17) is 14.2 Å². The zero-order chi connectivity index (χ0) is 57.1. The molecule has 0 N–H and O–H groups in total. The van der Waals surface area contributed by atoms with Crippen molar-refractivity contribution < 1.29 is 28.6 Å². The number of hydrogen-bond acceptors (Lipinski definition) is 6. The maximum absolute atomic E-state index is 12.9. The number of unbranched alkanes of at least 4 members (excludes halogenated alkanes) is 28. The third-order valence-electron chi connectivity index (χ3n) is 14.0. The molecule has 0 spiro atoms. The Hall–Kier alpha value is -4.19. The summed E-state index contributed by atoms with van der Waals surface area (Å²) in [5.41, 5.74) is 0. The largest absolute Gasteiger partial charge is 0.462 e. The summed E-state index contributed by atoms with van der Waals surface area (Å²) in [4.78, 5) is 38.3. The lowest BCUT2D eigenvalue weighted by molar-refractivity contribution is -0.167. The van der Waals surface area contributed by atoms with E-state index in [0.29, 0.717) is 19.3 Å². The molecule has 0 amide bonds. The summed E-state index contributed by atoms with van der Waals surface area (Å²) in [5.74, 6) is -0.915. The van der Waals surface area contributed by atoms with Crippen molar-refractivity contribution in [1.82, 2.24) is 0 Å². The Morgan fingerprint density at radius 1 is 0.266 bits per heavy atom. The topological polar surface area (TPSA) is 78.9 Å². The van der Waals surface area contributed by atoms with Crippen LogP contribution in [0.3, 0.4) is 0 Å². The highest BCUT2D eigenvalue weighted by atomic mass is 16.6. The van der Waals surface area contributed by atoms with Gasteiger partial charge in [-0.25, -0.2) is 0 Å². The van der Waals surface area contributed by atoms with Gasteiger partial charge in [0.05, 0.1) is 0 Å². The van der Waals surface area contributed by atoms with E-state index in [-0.39, 0.29) is 31.1 Å². The number of rotatable bonds is 59. The molecule has 1 unspecified atom stereocenters. The summed E-state index contributed by atoms with van der Waals surface area (Å²) < 4.78 is 16.9. The second kappa shape index (κ2) is 66.3. The molecule has 0 saturated carbocycles. The van der Waals surface area contributed by atoms with Crippen molar-refractivity contribution in [3.63, 3.8) is 0 Å². The summed E-state index contributed by atoms with van der Waals surface area (Å²) in [6.45, 7) is 6.51. The number of ether oxygens (including phenoxy) is 3. The first-order valence-electron chi connectivity index (χ1n) is 33.0. The molecule has 0 rings (SSSR count). The molecule has 0 heterocycles. The minimum absolute atomic E-state index is 0.0898. The predicted molar refractivity (Wildman–Crippen MR) is 343 cm³/mol. The quantitative estimate of drug-likeness (QED) is 0.0261. The van der Waals surface area contributed by atoms with Crippen LogP contribution < -0.4 is 0 Å². The van der Waals surface area contributed by atoms with E-state index in [2.05, 4.69) is 142 Å². The van der Waals surface area contributed by atoms with Crippen molar-refractivity contribution in [3.8, 4) is 0 Å². The standard InChI is InChI=1S/C73H122O6/c1-4-7-10-13-16-19-22-25-27-29-31-33-34-35-36-37-38-40-41-43-45-48-51-54-57-60-63-66-72(75)78-69-70(68-77-71(74)65-62-59-56-53-50-47-24-21-18-15-12-9-6-3)79-73(76)67-64-61-58-55-52-49-46-44-42-39-32-30-28-26-23-20-17-14-11-8-5-2/h7,10,16,19,23,25-27,30-33,35-36,38,40,42-45,70H,4-6,8-9,11-15,17-18,20-22,24,28-29,34,37,39,41,46-69H2,1-3H3/b10-7-,19-16-,26-23-,27-25-,32-30-,33-31-,36-35-,40-38-,44-42-,45-43-. The van der Waals surface area contributed by atoms with Gasteiger partial charge >= 0.3 is 17.9 Å². The molecule has 0 aromatic heterocycles. The zero-order valence-electron chi connectivity index (χ0n) is 51.6. The van der Waals surface area contributed by atoms with E-state index in [9.17, 15) is 14.4 Å². The first-order valence-corrected chi connectivity index (χ1v) is 33.0. The predicted octanol–water partition coefficient (Wildman–Crippen LogP) is 22.8. The molecular formula is C73H122O6. The van der Waals surface area contributed by atoms with Crippen molar-refractivity contribution in [3.05, 3.63) is 122 Å². The van der Waals surface area contributed by atoms with Gasteiger partial charge in [0, 0.05) is 19.3 Å². The van der Waals surface area contributed by atoms with Gasteiger partial charge < -0.3 is 14.2 Å². The smallest absolute Gasteiger partial charge is 0.306 e. The molecule has 0 aliphatic heterocycles.